The second-order valence-electron chi connectivity index (χ2n) is 3.42. The van der Waals surface area contributed by atoms with Crippen LogP contribution in [0.3, 0.4) is 0 Å². The van der Waals surface area contributed by atoms with E-state index in [1.165, 1.54) is 7.11 Å². The molecule has 1 atom stereocenters. The Labute approximate surface area is 95.1 Å². The van der Waals surface area contributed by atoms with Crippen molar-refractivity contribution in [2.75, 3.05) is 7.11 Å². The molecular weight excluding hydrogens is 254 g/mol. The molecule has 1 aliphatic heterocycles. The maximum atomic E-state index is 13.3. The van der Waals surface area contributed by atoms with Gasteiger partial charge in [-0.1, -0.05) is 0 Å². The lowest BCUT2D eigenvalue weighted by Gasteiger charge is -2.12. The molecule has 6 nitrogen and oxygen atoms in total. The van der Waals surface area contributed by atoms with Crippen LogP contribution in [0, 0.1) is 5.82 Å². The van der Waals surface area contributed by atoms with Crippen LogP contribution < -0.4 is 4.74 Å². The molecule has 0 saturated carbocycles. The molecule has 17 heavy (non-hydrogen) atoms. The molecule has 1 aliphatic rings. The van der Waals surface area contributed by atoms with Crippen molar-refractivity contribution in [1.82, 2.24) is 0 Å². The first-order valence-electron chi connectivity index (χ1n) is 4.48. The maximum Gasteiger partial charge on any atom is 0.370 e. The normalized spacial score (nSPS) is 18.8. The van der Waals surface area contributed by atoms with Gasteiger partial charge in [0, 0.05) is 5.56 Å². The van der Waals surface area contributed by atoms with Crippen LogP contribution in [0.25, 0.3) is 0 Å². The van der Waals surface area contributed by atoms with Gasteiger partial charge in [-0.2, -0.15) is 0 Å². The SMILES string of the molecule is COc1cc2c(cc1F)C(=O)OC2P(=O)(O)O. The Morgan fingerprint density at radius 3 is 2.65 bits per heavy atom. The smallest absolute Gasteiger partial charge is 0.370 e. The van der Waals surface area contributed by atoms with E-state index in [1.54, 1.807) is 0 Å². The number of ether oxygens (including phenoxy) is 2. The van der Waals surface area contributed by atoms with E-state index in [9.17, 15) is 13.8 Å². The van der Waals surface area contributed by atoms with Crippen LogP contribution in [0.2, 0.25) is 0 Å². The molecule has 0 bridgehead atoms. The Morgan fingerprint density at radius 2 is 2.12 bits per heavy atom. The minimum Gasteiger partial charge on any atom is -0.494 e. The summed E-state index contributed by atoms with van der Waals surface area (Å²) in [6.45, 7) is 0. The quantitative estimate of drug-likeness (QED) is 0.614. The highest BCUT2D eigenvalue weighted by molar-refractivity contribution is 7.52. The number of methoxy groups -OCH3 is 1. The van der Waals surface area contributed by atoms with E-state index in [1.807, 2.05) is 0 Å². The standard InChI is InChI=1S/C9H8FO6P/c1-15-7-3-5-4(2-6(7)10)8(11)16-9(5)17(12,13)14/h2-3,9H,1H3,(H2,12,13,14). The molecule has 0 fully saturated rings. The fourth-order valence-electron chi connectivity index (χ4n) is 1.58. The lowest BCUT2D eigenvalue weighted by molar-refractivity contribution is 0.0470. The largest absolute Gasteiger partial charge is 0.494 e. The van der Waals surface area contributed by atoms with Crippen molar-refractivity contribution in [2.45, 2.75) is 5.85 Å². The van der Waals surface area contributed by atoms with Crippen molar-refractivity contribution < 1.29 is 33.0 Å². The van der Waals surface area contributed by atoms with Crippen LogP contribution >= 0.6 is 7.60 Å². The van der Waals surface area contributed by atoms with Gasteiger partial charge in [-0.25, -0.2) is 9.18 Å². The summed E-state index contributed by atoms with van der Waals surface area (Å²) in [6.07, 6.45) is 0. The molecule has 0 spiro atoms. The Balaban J connectivity index is 2.61. The van der Waals surface area contributed by atoms with Gasteiger partial charge in [-0.3, -0.25) is 4.57 Å². The van der Waals surface area contributed by atoms with Gasteiger partial charge in [-0.15, -0.1) is 0 Å². The highest BCUT2D eigenvalue weighted by Crippen LogP contribution is 2.56. The number of fused-ring (bicyclic) bond motifs is 1. The van der Waals surface area contributed by atoms with Gasteiger partial charge < -0.3 is 19.3 Å². The summed E-state index contributed by atoms with van der Waals surface area (Å²) in [5.41, 5.74) is -0.266. The summed E-state index contributed by atoms with van der Waals surface area (Å²) in [5.74, 6) is -3.66. The monoisotopic (exact) mass is 262 g/mol. The zero-order valence-electron chi connectivity index (χ0n) is 8.58. The number of esters is 1. The van der Waals surface area contributed by atoms with Gasteiger partial charge in [-0.05, 0) is 12.1 Å². The van der Waals surface area contributed by atoms with Crippen LogP contribution in [-0.4, -0.2) is 22.9 Å². The van der Waals surface area contributed by atoms with E-state index in [0.29, 0.717) is 0 Å². The molecule has 1 aromatic rings. The van der Waals surface area contributed by atoms with Crippen LogP contribution in [0.4, 0.5) is 4.39 Å². The van der Waals surface area contributed by atoms with Crippen molar-refractivity contribution in [3.8, 4) is 5.75 Å². The third kappa shape index (κ3) is 1.93. The molecule has 1 heterocycles. The fraction of sp³-hybridized carbons (Fsp3) is 0.222. The highest BCUT2D eigenvalue weighted by Gasteiger charge is 2.43. The lowest BCUT2D eigenvalue weighted by Crippen LogP contribution is -1.99. The second kappa shape index (κ2) is 3.80. The van der Waals surface area contributed by atoms with E-state index in [2.05, 4.69) is 9.47 Å². The minimum atomic E-state index is -4.65. The zero-order chi connectivity index (χ0) is 12.8. The average molecular weight is 262 g/mol. The van der Waals surface area contributed by atoms with E-state index in [4.69, 9.17) is 9.79 Å². The predicted octanol–water partition coefficient (Wildman–Crippen LogP) is 1.18. The Bertz CT molecular complexity index is 537. The van der Waals surface area contributed by atoms with Gasteiger partial charge in [0.25, 0.3) is 0 Å². The summed E-state index contributed by atoms with van der Waals surface area (Å²) in [4.78, 5) is 29.3. The Morgan fingerprint density at radius 1 is 1.47 bits per heavy atom. The third-order valence-electron chi connectivity index (χ3n) is 2.33. The number of carbonyl (C=O) groups is 1. The lowest BCUT2D eigenvalue weighted by atomic mass is 10.1. The highest BCUT2D eigenvalue weighted by atomic mass is 31.2. The van der Waals surface area contributed by atoms with Gasteiger partial charge >= 0.3 is 13.6 Å². The van der Waals surface area contributed by atoms with E-state index < -0.39 is 25.2 Å². The van der Waals surface area contributed by atoms with E-state index >= 15 is 0 Å². The van der Waals surface area contributed by atoms with E-state index in [0.717, 1.165) is 12.1 Å². The van der Waals surface area contributed by atoms with Crippen molar-refractivity contribution in [3.63, 3.8) is 0 Å². The van der Waals surface area contributed by atoms with Crippen molar-refractivity contribution in [3.05, 3.63) is 29.1 Å². The first-order valence-corrected chi connectivity index (χ1v) is 6.16. The summed E-state index contributed by atoms with van der Waals surface area (Å²) in [6, 6.07) is 1.89. The van der Waals surface area contributed by atoms with Crippen LogP contribution in [0.15, 0.2) is 12.1 Å². The summed E-state index contributed by atoms with van der Waals surface area (Å²) < 4.78 is 33.6. The fourth-order valence-corrected chi connectivity index (χ4v) is 2.39. The average Bonchev–Trinajstić information content (AvgIpc) is 2.54. The molecule has 2 rings (SSSR count). The predicted molar refractivity (Wildman–Crippen MR) is 53.2 cm³/mol. The number of cyclic esters (lactones) is 1. The van der Waals surface area contributed by atoms with Crippen molar-refractivity contribution >= 4 is 13.6 Å². The topological polar surface area (TPSA) is 93.1 Å². The summed E-state index contributed by atoms with van der Waals surface area (Å²) in [7, 11) is -3.45. The molecule has 0 saturated heterocycles. The number of hydrogen-bond donors (Lipinski definition) is 2. The summed E-state index contributed by atoms with van der Waals surface area (Å²) in [5, 5.41) is 0. The Kier molecular flexibility index (Phi) is 2.69. The van der Waals surface area contributed by atoms with Crippen LogP contribution in [0.5, 0.6) is 5.75 Å². The number of hydrogen-bond acceptors (Lipinski definition) is 4. The number of halogens is 1. The molecule has 0 radical (unpaired) electrons. The molecule has 1 aromatic carbocycles. The molecule has 92 valence electrons. The number of rotatable bonds is 2. The molecule has 0 aliphatic carbocycles. The van der Waals surface area contributed by atoms with Gasteiger partial charge in [0.15, 0.2) is 11.6 Å². The van der Waals surface area contributed by atoms with Gasteiger partial charge in [0.2, 0.25) is 5.85 Å². The molecule has 2 N–H and O–H groups in total. The number of benzene rings is 1. The van der Waals surface area contributed by atoms with Crippen LogP contribution in [0.1, 0.15) is 21.8 Å². The van der Waals surface area contributed by atoms with Crippen LogP contribution in [-0.2, 0) is 9.30 Å². The van der Waals surface area contributed by atoms with Crippen molar-refractivity contribution in [2.24, 2.45) is 0 Å². The molecule has 1 unspecified atom stereocenters. The molecule has 8 heteroatoms. The first-order chi connectivity index (χ1) is 7.84. The minimum absolute atomic E-state index is 0.0680. The maximum absolute atomic E-state index is 13.3. The van der Waals surface area contributed by atoms with Gasteiger partial charge in [0.1, 0.15) is 0 Å². The molecular formula is C9H8FO6P. The Hall–Kier alpha value is -1.43. The molecule has 0 aromatic heterocycles. The second-order valence-corrected chi connectivity index (χ2v) is 5.07. The number of carbonyl (C=O) groups excluding carboxylic acids is 1. The first kappa shape index (κ1) is 12.0. The molecule has 0 amide bonds. The van der Waals surface area contributed by atoms with Crippen molar-refractivity contribution in [1.29, 1.82) is 0 Å². The third-order valence-corrected chi connectivity index (χ3v) is 3.33. The van der Waals surface area contributed by atoms with Gasteiger partial charge in [0.05, 0.1) is 12.7 Å². The summed E-state index contributed by atoms with van der Waals surface area (Å²) >= 11 is 0. The zero-order valence-corrected chi connectivity index (χ0v) is 9.48. The van der Waals surface area contributed by atoms with E-state index in [-0.39, 0.29) is 16.9 Å².